The number of nitriles is 1. The highest BCUT2D eigenvalue weighted by molar-refractivity contribution is 6.03. The third kappa shape index (κ3) is 4.55. The summed E-state index contributed by atoms with van der Waals surface area (Å²) in [7, 11) is 0. The number of pyridine rings is 2. The van der Waals surface area contributed by atoms with Crippen LogP contribution in [0, 0.1) is 24.1 Å². The number of halogens is 4. The number of aryl methyl sites for hydroxylation is 1. The van der Waals surface area contributed by atoms with Gasteiger partial charge in [0, 0.05) is 12.6 Å². The Kier molecular flexibility index (Phi) is 5.54. The van der Waals surface area contributed by atoms with E-state index in [4.69, 9.17) is 11.0 Å². The number of nitrogens with one attached hydrogen (secondary N) is 1. The number of ether oxygens (including phenoxy) is 1. The lowest BCUT2D eigenvalue weighted by Crippen LogP contribution is -2.46. The molecular weight excluding hydrogens is 420 g/mol. The van der Waals surface area contributed by atoms with E-state index in [9.17, 15) is 22.4 Å². The number of rotatable bonds is 3. The molecule has 1 aliphatic heterocycles. The van der Waals surface area contributed by atoms with E-state index in [0.717, 1.165) is 12.1 Å². The topological polar surface area (TPSA) is 126 Å². The first-order valence-electron chi connectivity index (χ1n) is 8.87. The Morgan fingerprint density at radius 1 is 1.42 bits per heavy atom. The number of alkyl halides is 3. The SMILES string of the molecule is Cc1cc(C#N)cnc1C(=O)Nc1ccc(F)c([C@@]2(C)C[C@@H](C(F)(F)F)OC(N)=N2)n1. The first kappa shape index (κ1) is 21.9. The molecule has 0 aromatic carbocycles. The quantitative estimate of drug-likeness (QED) is 0.713. The Hall–Kier alpha value is -3.75. The molecule has 2 aromatic heterocycles. The predicted octanol–water partition coefficient (Wildman–Crippen LogP) is 2.93. The number of nitrogens with two attached hydrogens (primary N) is 1. The summed E-state index contributed by atoms with van der Waals surface area (Å²) in [6.07, 6.45) is -6.58. The monoisotopic (exact) mass is 436 g/mol. The fourth-order valence-corrected chi connectivity index (χ4v) is 3.13. The number of anilines is 1. The van der Waals surface area contributed by atoms with Crippen molar-refractivity contribution in [3.05, 3.63) is 52.7 Å². The van der Waals surface area contributed by atoms with Crippen LogP contribution in [-0.2, 0) is 10.3 Å². The number of amidine groups is 1. The standard InChI is InChI=1S/C19H16F4N6O2/c1-9-5-10(7-24)8-26-14(9)16(30)28-13-4-3-11(20)15(27-13)18(2)6-12(19(21,22)23)31-17(25)29-18/h3-5,8,12H,6H2,1-2H3,(H2,25,29)(H,27,28,30)/t12-,18+/m0/s1. The highest BCUT2D eigenvalue weighted by Crippen LogP contribution is 2.40. The lowest BCUT2D eigenvalue weighted by Gasteiger charge is -2.35. The molecule has 8 nitrogen and oxygen atoms in total. The second kappa shape index (κ2) is 7.82. The first-order valence-corrected chi connectivity index (χ1v) is 8.87. The van der Waals surface area contributed by atoms with Crippen LogP contribution in [0.3, 0.4) is 0 Å². The number of aromatic nitrogens is 2. The molecule has 0 saturated heterocycles. The average molecular weight is 436 g/mol. The van der Waals surface area contributed by atoms with Crippen molar-refractivity contribution in [3.63, 3.8) is 0 Å². The largest absolute Gasteiger partial charge is 0.452 e. The summed E-state index contributed by atoms with van der Waals surface area (Å²) in [6, 6.07) is 4.71. The van der Waals surface area contributed by atoms with Crippen LogP contribution in [0.1, 0.15) is 40.7 Å². The van der Waals surface area contributed by atoms with Crippen LogP contribution in [0.2, 0.25) is 0 Å². The van der Waals surface area contributed by atoms with Crippen molar-refractivity contribution in [2.75, 3.05) is 5.32 Å². The van der Waals surface area contributed by atoms with Crippen molar-refractivity contribution in [3.8, 4) is 6.07 Å². The molecule has 162 valence electrons. The fourth-order valence-electron chi connectivity index (χ4n) is 3.13. The number of carbonyl (C=O) groups is 1. The molecule has 0 unspecified atom stereocenters. The van der Waals surface area contributed by atoms with E-state index < -0.39 is 47.7 Å². The minimum absolute atomic E-state index is 0.00311. The molecule has 0 bridgehead atoms. The van der Waals surface area contributed by atoms with Gasteiger partial charge in [-0.15, -0.1) is 0 Å². The van der Waals surface area contributed by atoms with Crippen LogP contribution >= 0.6 is 0 Å². The van der Waals surface area contributed by atoms with Gasteiger partial charge in [-0.25, -0.2) is 19.4 Å². The molecule has 2 atom stereocenters. The van der Waals surface area contributed by atoms with Gasteiger partial charge in [0.2, 0.25) is 0 Å². The normalized spacial score (nSPS) is 20.9. The third-order valence-corrected chi connectivity index (χ3v) is 4.59. The van der Waals surface area contributed by atoms with Gasteiger partial charge in [0.05, 0.1) is 5.56 Å². The Morgan fingerprint density at radius 3 is 2.74 bits per heavy atom. The second-order valence-corrected chi connectivity index (χ2v) is 7.06. The molecular formula is C19H16F4N6O2. The van der Waals surface area contributed by atoms with Crippen molar-refractivity contribution in [2.24, 2.45) is 10.7 Å². The van der Waals surface area contributed by atoms with E-state index in [1.807, 2.05) is 6.07 Å². The third-order valence-electron chi connectivity index (χ3n) is 4.59. The highest BCUT2D eigenvalue weighted by Gasteiger charge is 2.50. The maximum absolute atomic E-state index is 14.5. The summed E-state index contributed by atoms with van der Waals surface area (Å²) in [4.78, 5) is 24.2. The molecule has 0 aliphatic carbocycles. The number of amides is 1. The van der Waals surface area contributed by atoms with Gasteiger partial charge in [0.15, 0.2) is 6.10 Å². The molecule has 0 spiro atoms. The van der Waals surface area contributed by atoms with E-state index in [1.54, 1.807) is 6.92 Å². The summed E-state index contributed by atoms with van der Waals surface area (Å²) < 4.78 is 58.6. The molecule has 3 rings (SSSR count). The van der Waals surface area contributed by atoms with Gasteiger partial charge in [-0.3, -0.25) is 4.79 Å². The van der Waals surface area contributed by atoms with Crippen LogP contribution in [0.5, 0.6) is 0 Å². The lowest BCUT2D eigenvalue weighted by molar-refractivity contribution is -0.208. The molecule has 0 saturated carbocycles. The summed E-state index contributed by atoms with van der Waals surface area (Å²) in [5, 5.41) is 11.3. The van der Waals surface area contributed by atoms with Crippen molar-refractivity contribution < 1.29 is 27.1 Å². The van der Waals surface area contributed by atoms with Gasteiger partial charge < -0.3 is 15.8 Å². The zero-order valence-electron chi connectivity index (χ0n) is 16.3. The highest BCUT2D eigenvalue weighted by atomic mass is 19.4. The zero-order valence-corrected chi connectivity index (χ0v) is 16.3. The van der Waals surface area contributed by atoms with Crippen molar-refractivity contribution in [1.29, 1.82) is 5.26 Å². The molecule has 3 N–H and O–H groups in total. The van der Waals surface area contributed by atoms with E-state index in [1.165, 1.54) is 19.2 Å². The Balaban J connectivity index is 1.93. The number of carbonyl (C=O) groups excluding carboxylic acids is 1. The number of hydrogen-bond acceptors (Lipinski definition) is 7. The maximum Gasteiger partial charge on any atom is 0.425 e. The molecule has 1 amide bonds. The fraction of sp³-hybridized carbons (Fsp3) is 0.316. The van der Waals surface area contributed by atoms with Gasteiger partial charge in [0.25, 0.3) is 11.9 Å². The van der Waals surface area contributed by atoms with E-state index >= 15 is 0 Å². The van der Waals surface area contributed by atoms with Gasteiger partial charge in [-0.05, 0) is 37.6 Å². The average Bonchev–Trinajstić information content (AvgIpc) is 2.67. The zero-order chi connectivity index (χ0) is 23.0. The van der Waals surface area contributed by atoms with Crippen molar-refractivity contribution >= 4 is 17.7 Å². The van der Waals surface area contributed by atoms with E-state index in [2.05, 4.69) is 25.0 Å². The molecule has 31 heavy (non-hydrogen) atoms. The van der Waals surface area contributed by atoms with Crippen LogP contribution < -0.4 is 11.1 Å². The van der Waals surface area contributed by atoms with Crippen molar-refractivity contribution in [1.82, 2.24) is 9.97 Å². The molecule has 3 heterocycles. The molecule has 12 heteroatoms. The Labute approximate surface area is 173 Å². The van der Waals surface area contributed by atoms with E-state index in [0.29, 0.717) is 5.56 Å². The Bertz CT molecular complexity index is 1110. The summed E-state index contributed by atoms with van der Waals surface area (Å²) in [6.45, 7) is 2.81. The van der Waals surface area contributed by atoms with Gasteiger partial charge in [-0.1, -0.05) is 0 Å². The van der Waals surface area contributed by atoms with Crippen LogP contribution in [0.25, 0.3) is 0 Å². The summed E-state index contributed by atoms with van der Waals surface area (Å²) in [5.74, 6) is -1.75. The number of hydrogen-bond donors (Lipinski definition) is 2. The second-order valence-electron chi connectivity index (χ2n) is 7.06. The maximum atomic E-state index is 14.5. The van der Waals surface area contributed by atoms with Crippen molar-refractivity contribution in [2.45, 2.75) is 38.1 Å². The van der Waals surface area contributed by atoms with Gasteiger partial charge in [0.1, 0.15) is 34.6 Å². The molecule has 0 radical (unpaired) electrons. The van der Waals surface area contributed by atoms with Crippen LogP contribution in [0.15, 0.2) is 29.4 Å². The molecule has 2 aromatic rings. The minimum atomic E-state index is -4.75. The van der Waals surface area contributed by atoms with Gasteiger partial charge >= 0.3 is 6.18 Å². The van der Waals surface area contributed by atoms with E-state index in [-0.39, 0.29) is 17.1 Å². The predicted molar refractivity (Wildman–Crippen MR) is 100 cm³/mol. The van der Waals surface area contributed by atoms with Crippen LogP contribution in [-0.4, -0.2) is 34.2 Å². The van der Waals surface area contributed by atoms with Crippen LogP contribution in [0.4, 0.5) is 23.4 Å². The summed E-state index contributed by atoms with van der Waals surface area (Å²) in [5.41, 5.74) is 3.86. The minimum Gasteiger partial charge on any atom is -0.452 e. The van der Waals surface area contributed by atoms with Gasteiger partial charge in [-0.2, -0.15) is 18.4 Å². The lowest BCUT2D eigenvalue weighted by atomic mass is 9.89. The molecule has 0 fully saturated rings. The number of nitrogens with zero attached hydrogens (tertiary/aromatic N) is 4. The molecule has 1 aliphatic rings. The first-order chi connectivity index (χ1) is 14.4. The Morgan fingerprint density at radius 2 is 2.13 bits per heavy atom. The number of aliphatic imine (C=N–C) groups is 1. The summed E-state index contributed by atoms with van der Waals surface area (Å²) >= 11 is 0. The smallest absolute Gasteiger partial charge is 0.425 e.